The smallest absolute Gasteiger partial charge is 0.243 e. The SMILES string of the molecule is COc1ccccc1N1CCN(CC2CCCCN2S(=O)(=O)c2cccc(C)c2)CC1. The van der Waals surface area contributed by atoms with Crippen LogP contribution < -0.4 is 9.64 Å². The quantitative estimate of drug-likeness (QED) is 0.685. The predicted molar refractivity (Wildman–Crippen MR) is 124 cm³/mol. The molecule has 0 aromatic heterocycles. The third-order valence-corrected chi connectivity index (χ3v) is 8.38. The van der Waals surface area contributed by atoms with Gasteiger partial charge >= 0.3 is 0 Å². The van der Waals surface area contributed by atoms with Crippen LogP contribution in [0.1, 0.15) is 24.8 Å². The number of rotatable bonds is 6. The van der Waals surface area contributed by atoms with Gasteiger partial charge in [0.1, 0.15) is 5.75 Å². The van der Waals surface area contributed by atoms with Gasteiger partial charge < -0.3 is 9.64 Å². The highest BCUT2D eigenvalue weighted by Gasteiger charge is 2.35. The number of para-hydroxylation sites is 2. The minimum Gasteiger partial charge on any atom is -0.495 e. The van der Waals surface area contributed by atoms with Gasteiger partial charge in [0.2, 0.25) is 10.0 Å². The monoisotopic (exact) mass is 443 g/mol. The highest BCUT2D eigenvalue weighted by atomic mass is 32.2. The van der Waals surface area contributed by atoms with Crippen molar-refractivity contribution in [2.75, 3.05) is 51.3 Å². The van der Waals surface area contributed by atoms with Crippen LogP contribution in [0.4, 0.5) is 5.69 Å². The van der Waals surface area contributed by atoms with E-state index in [4.69, 9.17) is 4.74 Å². The van der Waals surface area contributed by atoms with Crippen molar-refractivity contribution in [2.45, 2.75) is 37.1 Å². The molecule has 2 aromatic rings. The Hall–Kier alpha value is -2.09. The van der Waals surface area contributed by atoms with E-state index in [9.17, 15) is 8.42 Å². The average molecular weight is 444 g/mol. The first kappa shape index (κ1) is 22.1. The largest absolute Gasteiger partial charge is 0.495 e. The normalized spacial score (nSPS) is 21.2. The standard InChI is InChI=1S/C24H33N3O3S/c1-20-8-7-10-22(18-20)31(28,29)27-13-6-5-9-21(27)19-25-14-16-26(17-15-25)23-11-3-4-12-24(23)30-2/h3-4,7-8,10-12,18,21H,5-6,9,13-17,19H2,1-2H3. The lowest BCUT2D eigenvalue weighted by molar-refractivity contribution is 0.162. The molecule has 31 heavy (non-hydrogen) atoms. The molecule has 1 atom stereocenters. The highest BCUT2D eigenvalue weighted by molar-refractivity contribution is 7.89. The fraction of sp³-hybridized carbons (Fsp3) is 0.500. The first-order chi connectivity index (χ1) is 15.0. The van der Waals surface area contributed by atoms with Gasteiger partial charge in [-0.3, -0.25) is 4.90 Å². The van der Waals surface area contributed by atoms with E-state index in [0.29, 0.717) is 11.4 Å². The zero-order valence-corrected chi connectivity index (χ0v) is 19.4. The molecule has 168 valence electrons. The van der Waals surface area contributed by atoms with Crippen LogP contribution in [-0.2, 0) is 10.0 Å². The van der Waals surface area contributed by atoms with Crippen LogP contribution in [-0.4, -0.2) is 70.0 Å². The first-order valence-electron chi connectivity index (χ1n) is 11.2. The lowest BCUT2D eigenvalue weighted by Gasteiger charge is -2.41. The highest BCUT2D eigenvalue weighted by Crippen LogP contribution is 2.30. The Morgan fingerprint density at radius 3 is 2.48 bits per heavy atom. The van der Waals surface area contributed by atoms with Crippen molar-refractivity contribution >= 4 is 15.7 Å². The summed E-state index contributed by atoms with van der Waals surface area (Å²) in [4.78, 5) is 5.19. The molecular weight excluding hydrogens is 410 g/mol. The number of aryl methyl sites for hydroxylation is 1. The Labute approximate surface area is 186 Å². The van der Waals surface area contributed by atoms with Gasteiger partial charge in [-0.2, -0.15) is 4.31 Å². The number of anilines is 1. The summed E-state index contributed by atoms with van der Waals surface area (Å²) in [5.41, 5.74) is 2.10. The zero-order chi connectivity index (χ0) is 21.8. The van der Waals surface area contributed by atoms with E-state index in [1.165, 1.54) is 0 Å². The van der Waals surface area contributed by atoms with Gasteiger partial charge in [-0.1, -0.05) is 30.7 Å². The molecule has 2 fully saturated rings. The second-order valence-electron chi connectivity index (χ2n) is 8.54. The Balaban J connectivity index is 1.42. The number of benzene rings is 2. The zero-order valence-electron chi connectivity index (χ0n) is 18.5. The minimum absolute atomic E-state index is 0.0390. The van der Waals surface area contributed by atoms with Crippen molar-refractivity contribution in [3.63, 3.8) is 0 Å². The second-order valence-corrected chi connectivity index (χ2v) is 10.4. The summed E-state index contributed by atoms with van der Waals surface area (Å²) in [6.07, 6.45) is 2.95. The number of piperazine rings is 1. The van der Waals surface area contributed by atoms with Crippen molar-refractivity contribution in [3.8, 4) is 5.75 Å². The van der Waals surface area contributed by atoms with Gasteiger partial charge in [-0.25, -0.2) is 8.42 Å². The molecule has 2 aliphatic heterocycles. The third kappa shape index (κ3) is 4.89. The number of nitrogens with zero attached hydrogens (tertiary/aromatic N) is 3. The third-order valence-electron chi connectivity index (χ3n) is 6.44. The van der Waals surface area contributed by atoms with E-state index < -0.39 is 10.0 Å². The van der Waals surface area contributed by atoms with Gasteiger partial charge in [-0.15, -0.1) is 0 Å². The fourth-order valence-corrected chi connectivity index (χ4v) is 6.53. The summed E-state index contributed by atoms with van der Waals surface area (Å²) >= 11 is 0. The number of methoxy groups -OCH3 is 1. The maximum Gasteiger partial charge on any atom is 0.243 e. The van der Waals surface area contributed by atoms with Crippen LogP contribution in [0.2, 0.25) is 0 Å². The van der Waals surface area contributed by atoms with Gasteiger partial charge in [0.15, 0.2) is 0 Å². The van der Waals surface area contributed by atoms with E-state index in [-0.39, 0.29) is 6.04 Å². The topological polar surface area (TPSA) is 53.1 Å². The number of hydrogen-bond acceptors (Lipinski definition) is 5. The summed E-state index contributed by atoms with van der Waals surface area (Å²) < 4.78 is 34.1. The predicted octanol–water partition coefficient (Wildman–Crippen LogP) is 3.37. The van der Waals surface area contributed by atoms with Gasteiger partial charge in [0.25, 0.3) is 0 Å². The fourth-order valence-electron chi connectivity index (χ4n) is 4.74. The van der Waals surface area contributed by atoms with Crippen LogP contribution in [0.3, 0.4) is 0 Å². The first-order valence-corrected chi connectivity index (χ1v) is 12.6. The van der Waals surface area contributed by atoms with Crippen LogP contribution in [0.15, 0.2) is 53.4 Å². The number of sulfonamides is 1. The van der Waals surface area contributed by atoms with Crippen molar-refractivity contribution in [1.82, 2.24) is 9.21 Å². The molecule has 0 spiro atoms. The summed E-state index contributed by atoms with van der Waals surface area (Å²) in [7, 11) is -1.76. The molecule has 6 nitrogen and oxygen atoms in total. The molecule has 4 rings (SSSR count). The Morgan fingerprint density at radius 1 is 0.968 bits per heavy atom. The van der Waals surface area contributed by atoms with Crippen LogP contribution in [0.25, 0.3) is 0 Å². The Kier molecular flexibility index (Phi) is 6.84. The Morgan fingerprint density at radius 2 is 1.74 bits per heavy atom. The summed E-state index contributed by atoms with van der Waals surface area (Å²) in [5.74, 6) is 0.902. The van der Waals surface area contributed by atoms with E-state index >= 15 is 0 Å². The molecule has 0 aliphatic carbocycles. The van der Waals surface area contributed by atoms with Crippen molar-refractivity contribution in [1.29, 1.82) is 0 Å². The second kappa shape index (κ2) is 9.59. The Bertz CT molecular complexity index is 987. The lowest BCUT2D eigenvalue weighted by Crippen LogP contribution is -2.53. The molecule has 2 aromatic carbocycles. The van der Waals surface area contributed by atoms with Crippen LogP contribution in [0.5, 0.6) is 5.75 Å². The van der Waals surface area contributed by atoms with Gasteiger partial charge in [0, 0.05) is 45.3 Å². The molecule has 0 N–H and O–H groups in total. The molecule has 0 bridgehead atoms. The average Bonchev–Trinajstić information content (AvgIpc) is 2.80. The molecule has 0 amide bonds. The van der Waals surface area contributed by atoms with Crippen LogP contribution >= 0.6 is 0 Å². The maximum absolute atomic E-state index is 13.4. The molecule has 2 aliphatic rings. The van der Waals surface area contributed by atoms with E-state index in [0.717, 1.165) is 69.0 Å². The van der Waals surface area contributed by atoms with Gasteiger partial charge in [0.05, 0.1) is 17.7 Å². The van der Waals surface area contributed by atoms with Gasteiger partial charge in [-0.05, 0) is 49.6 Å². The van der Waals surface area contributed by atoms with E-state index in [1.807, 2.05) is 37.3 Å². The summed E-state index contributed by atoms with van der Waals surface area (Å²) in [6.45, 7) is 7.02. The molecule has 2 saturated heterocycles. The number of hydrogen-bond donors (Lipinski definition) is 0. The van der Waals surface area contributed by atoms with Crippen molar-refractivity contribution < 1.29 is 13.2 Å². The molecule has 2 heterocycles. The number of ether oxygens (including phenoxy) is 1. The van der Waals surface area contributed by atoms with Crippen molar-refractivity contribution in [2.24, 2.45) is 0 Å². The lowest BCUT2D eigenvalue weighted by atomic mass is 10.0. The van der Waals surface area contributed by atoms with Crippen LogP contribution in [0, 0.1) is 6.92 Å². The van der Waals surface area contributed by atoms with E-state index in [2.05, 4.69) is 15.9 Å². The molecule has 7 heteroatoms. The summed E-state index contributed by atoms with van der Waals surface area (Å²) in [5, 5.41) is 0. The van der Waals surface area contributed by atoms with E-state index in [1.54, 1.807) is 23.5 Å². The maximum atomic E-state index is 13.4. The number of piperidine rings is 1. The summed E-state index contributed by atoms with van der Waals surface area (Å²) in [6, 6.07) is 15.4. The minimum atomic E-state index is -3.47. The van der Waals surface area contributed by atoms with Crippen molar-refractivity contribution in [3.05, 3.63) is 54.1 Å². The molecule has 1 unspecified atom stereocenters. The molecule has 0 saturated carbocycles. The molecule has 0 radical (unpaired) electrons. The molecular formula is C24H33N3O3S.